The molecule has 10 heteroatoms. The molecule has 1 aliphatic heterocycles. The van der Waals surface area contributed by atoms with Crippen molar-refractivity contribution in [1.29, 1.82) is 0 Å². The Morgan fingerprint density at radius 3 is 2.65 bits per heavy atom. The van der Waals surface area contributed by atoms with Gasteiger partial charge in [-0.3, -0.25) is 15.2 Å². The lowest BCUT2D eigenvalue weighted by atomic mass is 9.96. The van der Waals surface area contributed by atoms with E-state index in [9.17, 15) is 18.0 Å². The van der Waals surface area contributed by atoms with Gasteiger partial charge in [-0.15, -0.1) is 0 Å². The molecule has 1 fully saturated rings. The van der Waals surface area contributed by atoms with Crippen molar-refractivity contribution >= 4 is 11.8 Å². The number of aryl methyl sites for hydroxylation is 1. The van der Waals surface area contributed by atoms with Crippen molar-refractivity contribution in [2.75, 3.05) is 25.0 Å². The maximum Gasteiger partial charge on any atom is 0.401 e. The molecule has 1 aromatic carbocycles. The fourth-order valence-electron chi connectivity index (χ4n) is 4.94. The standard InChI is InChI=1S/C24H25F3N6O/c25-24(26,27)15-32-13-19(16-6-5-11-28-12-16)21(14-32)29-23(34)30-22-18-9-4-10-20(18)31-33(22)17-7-2-1-3-8-17/h1-3,5-8,11-12,19,21H,4,9-10,13-15H2,(H2,29,30,34)/t19?,21-/m1/s1. The van der Waals surface area contributed by atoms with E-state index in [1.165, 1.54) is 4.90 Å². The fourth-order valence-corrected chi connectivity index (χ4v) is 4.94. The molecule has 0 bridgehead atoms. The predicted molar refractivity (Wildman–Crippen MR) is 121 cm³/mol. The Kier molecular flexibility index (Phi) is 5.99. The van der Waals surface area contributed by atoms with Crippen LogP contribution in [-0.4, -0.2) is 57.5 Å². The Bertz CT molecular complexity index is 1150. The van der Waals surface area contributed by atoms with Crippen LogP contribution in [0.15, 0.2) is 54.9 Å². The fraction of sp³-hybridized carbons (Fsp3) is 0.375. The van der Waals surface area contributed by atoms with Gasteiger partial charge in [0.1, 0.15) is 5.82 Å². The third-order valence-electron chi connectivity index (χ3n) is 6.37. The number of anilines is 1. The number of nitrogens with zero attached hydrogens (tertiary/aromatic N) is 4. The molecule has 0 spiro atoms. The lowest BCUT2D eigenvalue weighted by Crippen LogP contribution is -2.43. The van der Waals surface area contributed by atoms with Gasteiger partial charge in [0.05, 0.1) is 24.0 Å². The van der Waals surface area contributed by atoms with Crippen LogP contribution in [0.3, 0.4) is 0 Å². The monoisotopic (exact) mass is 470 g/mol. The average Bonchev–Trinajstić information content (AvgIpc) is 3.50. The first-order chi connectivity index (χ1) is 16.4. The maximum atomic E-state index is 13.1. The number of carbonyl (C=O) groups is 1. The van der Waals surface area contributed by atoms with Crippen LogP contribution >= 0.6 is 0 Å². The van der Waals surface area contributed by atoms with Crippen LogP contribution in [0.2, 0.25) is 0 Å². The summed E-state index contributed by atoms with van der Waals surface area (Å²) in [6, 6.07) is 12.2. The summed E-state index contributed by atoms with van der Waals surface area (Å²) in [5, 5.41) is 10.6. The van der Waals surface area contributed by atoms with E-state index in [1.54, 1.807) is 23.1 Å². The summed E-state index contributed by atoms with van der Waals surface area (Å²) in [6.07, 6.45) is 1.60. The number of benzene rings is 1. The van der Waals surface area contributed by atoms with Crippen LogP contribution in [0.5, 0.6) is 0 Å². The highest BCUT2D eigenvalue weighted by Crippen LogP contribution is 2.32. The molecule has 2 atom stereocenters. The van der Waals surface area contributed by atoms with Crippen molar-refractivity contribution in [3.05, 3.63) is 71.7 Å². The molecule has 3 heterocycles. The van der Waals surface area contributed by atoms with E-state index in [-0.39, 0.29) is 19.0 Å². The summed E-state index contributed by atoms with van der Waals surface area (Å²) >= 11 is 0. The zero-order chi connectivity index (χ0) is 23.7. The SMILES string of the molecule is O=C(Nc1c2c(nn1-c1ccccc1)CCC2)N[C@@H]1CN(CC(F)(F)F)CC1c1cccnc1. The number of nitrogens with one attached hydrogen (secondary N) is 2. The minimum atomic E-state index is -4.31. The molecule has 1 aliphatic carbocycles. The lowest BCUT2D eigenvalue weighted by Gasteiger charge is -2.21. The highest BCUT2D eigenvalue weighted by molar-refractivity contribution is 5.90. The molecular weight excluding hydrogens is 445 g/mol. The van der Waals surface area contributed by atoms with Crippen molar-refractivity contribution in [1.82, 2.24) is 25.0 Å². The number of likely N-dealkylation sites (tertiary alicyclic amines) is 1. The number of hydrogen-bond donors (Lipinski definition) is 2. The Hall–Kier alpha value is -3.40. The van der Waals surface area contributed by atoms with Gasteiger partial charge in [0.2, 0.25) is 0 Å². The molecule has 1 saturated heterocycles. The molecule has 2 amide bonds. The van der Waals surface area contributed by atoms with Crippen LogP contribution in [0.1, 0.15) is 29.2 Å². The zero-order valence-electron chi connectivity index (χ0n) is 18.4. The minimum Gasteiger partial charge on any atom is -0.333 e. The highest BCUT2D eigenvalue weighted by Gasteiger charge is 2.40. The molecule has 0 radical (unpaired) electrons. The number of urea groups is 1. The summed E-state index contributed by atoms with van der Waals surface area (Å²) < 4.78 is 40.9. The molecule has 2 N–H and O–H groups in total. The van der Waals surface area contributed by atoms with E-state index in [1.807, 2.05) is 36.4 Å². The largest absolute Gasteiger partial charge is 0.401 e. The number of aromatic nitrogens is 3. The second-order valence-electron chi connectivity index (χ2n) is 8.78. The van der Waals surface area contributed by atoms with Crippen molar-refractivity contribution < 1.29 is 18.0 Å². The first-order valence-electron chi connectivity index (χ1n) is 11.3. The van der Waals surface area contributed by atoms with E-state index >= 15 is 0 Å². The van der Waals surface area contributed by atoms with Gasteiger partial charge in [0, 0.05) is 37.0 Å². The highest BCUT2D eigenvalue weighted by atomic mass is 19.4. The summed E-state index contributed by atoms with van der Waals surface area (Å²) in [6.45, 7) is -0.728. The molecule has 1 unspecified atom stereocenters. The lowest BCUT2D eigenvalue weighted by molar-refractivity contribution is -0.143. The summed E-state index contributed by atoms with van der Waals surface area (Å²) in [4.78, 5) is 18.5. The second kappa shape index (κ2) is 9.09. The molecule has 34 heavy (non-hydrogen) atoms. The number of fused-ring (bicyclic) bond motifs is 1. The molecule has 2 aliphatic rings. The van der Waals surface area contributed by atoms with Gasteiger partial charge in [-0.2, -0.15) is 18.3 Å². The number of rotatable bonds is 5. The van der Waals surface area contributed by atoms with Crippen LogP contribution in [0.4, 0.5) is 23.8 Å². The molecule has 2 aromatic heterocycles. The Morgan fingerprint density at radius 1 is 1.09 bits per heavy atom. The Balaban J connectivity index is 1.36. The van der Waals surface area contributed by atoms with Crippen molar-refractivity contribution in [2.24, 2.45) is 0 Å². The van der Waals surface area contributed by atoms with Crippen molar-refractivity contribution in [3.63, 3.8) is 0 Å². The van der Waals surface area contributed by atoms with Crippen LogP contribution in [-0.2, 0) is 12.8 Å². The van der Waals surface area contributed by atoms with E-state index in [2.05, 4.69) is 15.6 Å². The summed E-state index contributed by atoms with van der Waals surface area (Å²) in [5.74, 6) is 0.311. The second-order valence-corrected chi connectivity index (χ2v) is 8.78. The van der Waals surface area contributed by atoms with Crippen LogP contribution in [0.25, 0.3) is 5.69 Å². The van der Waals surface area contributed by atoms with Crippen molar-refractivity contribution in [2.45, 2.75) is 37.4 Å². The maximum absolute atomic E-state index is 13.1. The number of pyridine rings is 1. The van der Waals surface area contributed by atoms with Gasteiger partial charge < -0.3 is 5.32 Å². The molecular formula is C24H25F3N6O. The topological polar surface area (TPSA) is 75.1 Å². The Morgan fingerprint density at radius 2 is 1.91 bits per heavy atom. The van der Waals surface area contributed by atoms with Crippen LogP contribution in [0, 0.1) is 0 Å². The van der Waals surface area contributed by atoms with Crippen molar-refractivity contribution in [3.8, 4) is 5.69 Å². The third-order valence-corrected chi connectivity index (χ3v) is 6.37. The number of amides is 2. The molecule has 3 aromatic rings. The quantitative estimate of drug-likeness (QED) is 0.593. The first kappa shape index (κ1) is 22.4. The van der Waals surface area contributed by atoms with E-state index in [4.69, 9.17) is 5.10 Å². The number of halogens is 3. The van der Waals surface area contributed by atoms with Gasteiger partial charge in [-0.1, -0.05) is 24.3 Å². The minimum absolute atomic E-state index is 0.0997. The number of alkyl halides is 3. The van der Waals surface area contributed by atoms with E-state index in [0.29, 0.717) is 5.82 Å². The third kappa shape index (κ3) is 4.77. The Labute approximate surface area is 195 Å². The van der Waals surface area contributed by atoms with Crippen LogP contribution < -0.4 is 10.6 Å². The molecule has 178 valence electrons. The summed E-state index contributed by atoms with van der Waals surface area (Å²) in [5.41, 5.74) is 3.60. The van der Waals surface area contributed by atoms with E-state index in [0.717, 1.165) is 41.8 Å². The molecule has 0 saturated carbocycles. The first-order valence-corrected chi connectivity index (χ1v) is 11.3. The summed E-state index contributed by atoms with van der Waals surface area (Å²) in [7, 11) is 0. The smallest absolute Gasteiger partial charge is 0.333 e. The van der Waals surface area contributed by atoms with Gasteiger partial charge in [-0.05, 0) is 43.0 Å². The number of carbonyl (C=O) groups excluding carboxylic acids is 1. The molecule has 7 nitrogen and oxygen atoms in total. The zero-order valence-corrected chi connectivity index (χ0v) is 18.4. The number of hydrogen-bond acceptors (Lipinski definition) is 4. The number of para-hydroxylation sites is 1. The normalized spacial score (nSPS) is 20.3. The van der Waals surface area contributed by atoms with E-state index < -0.39 is 24.8 Å². The van der Waals surface area contributed by atoms with Gasteiger partial charge >= 0.3 is 12.2 Å². The average molecular weight is 470 g/mol. The van der Waals surface area contributed by atoms with Gasteiger partial charge in [0.15, 0.2) is 0 Å². The predicted octanol–water partition coefficient (Wildman–Crippen LogP) is 3.91. The molecule has 5 rings (SSSR count). The van der Waals surface area contributed by atoms with Gasteiger partial charge in [-0.25, -0.2) is 9.48 Å². The van der Waals surface area contributed by atoms with Gasteiger partial charge in [0.25, 0.3) is 0 Å².